The Morgan fingerprint density at radius 2 is 1.70 bits per heavy atom. The molecule has 0 spiro atoms. The molecule has 1 aliphatic heterocycles. The monoisotopic (exact) mass is 434 g/mol. The van der Waals surface area contributed by atoms with Crippen LogP contribution >= 0.6 is 0 Å². The number of carbonyl (C=O) groups is 2. The average molecular weight is 434 g/mol. The van der Waals surface area contributed by atoms with Crippen molar-refractivity contribution in [3.05, 3.63) is 114 Å². The van der Waals surface area contributed by atoms with Crippen molar-refractivity contribution in [2.45, 2.75) is 19.4 Å². The predicted molar refractivity (Wildman–Crippen MR) is 129 cm³/mol. The van der Waals surface area contributed by atoms with E-state index in [-0.39, 0.29) is 11.3 Å². The van der Waals surface area contributed by atoms with Gasteiger partial charge < -0.3 is 5.11 Å². The number of Topliss-reactive ketones (excluding diaryl/α,β-unsaturated/α-hetero) is 1. The van der Waals surface area contributed by atoms with E-state index in [0.717, 1.165) is 22.8 Å². The van der Waals surface area contributed by atoms with Gasteiger partial charge in [0.15, 0.2) is 0 Å². The summed E-state index contributed by atoms with van der Waals surface area (Å²) in [6, 6.07) is 23.5. The SMILES string of the molecule is CCc1ccc(N2C(=O)C(=O)/C(=C(\O)c3cccc4ccccc34)C2c2cccnc2)cc1. The molecule has 1 amide bonds. The second-order valence-electron chi connectivity index (χ2n) is 8.00. The zero-order valence-corrected chi connectivity index (χ0v) is 18.1. The number of aliphatic hydroxyl groups excluding tert-OH is 1. The van der Waals surface area contributed by atoms with Gasteiger partial charge in [-0.25, -0.2) is 0 Å². The van der Waals surface area contributed by atoms with Crippen molar-refractivity contribution >= 4 is 33.9 Å². The number of amides is 1. The van der Waals surface area contributed by atoms with E-state index >= 15 is 0 Å². The van der Waals surface area contributed by atoms with Crippen molar-refractivity contribution in [3.63, 3.8) is 0 Å². The second-order valence-corrected chi connectivity index (χ2v) is 8.00. The van der Waals surface area contributed by atoms with Crippen LogP contribution in [0, 0.1) is 0 Å². The fourth-order valence-corrected chi connectivity index (χ4v) is 4.42. The van der Waals surface area contributed by atoms with Gasteiger partial charge in [-0.2, -0.15) is 0 Å². The minimum atomic E-state index is -0.787. The van der Waals surface area contributed by atoms with Gasteiger partial charge >= 0.3 is 0 Å². The lowest BCUT2D eigenvalue weighted by Crippen LogP contribution is -2.29. The van der Waals surface area contributed by atoms with Crippen molar-refractivity contribution in [1.82, 2.24) is 4.98 Å². The summed E-state index contributed by atoms with van der Waals surface area (Å²) in [6.07, 6.45) is 4.13. The Labute approximate surface area is 191 Å². The molecule has 0 aliphatic carbocycles. The number of aromatic nitrogens is 1. The van der Waals surface area contributed by atoms with Crippen LogP contribution in [-0.2, 0) is 16.0 Å². The van der Waals surface area contributed by atoms with Crippen LogP contribution in [0.1, 0.15) is 29.7 Å². The number of fused-ring (bicyclic) bond motifs is 1. The summed E-state index contributed by atoms with van der Waals surface area (Å²) in [5.74, 6) is -1.57. The van der Waals surface area contributed by atoms with Gasteiger partial charge in [0.2, 0.25) is 0 Å². The molecule has 1 fully saturated rings. The van der Waals surface area contributed by atoms with E-state index < -0.39 is 17.7 Å². The number of rotatable bonds is 4. The quantitative estimate of drug-likeness (QED) is 0.264. The molecule has 5 heteroatoms. The summed E-state index contributed by atoms with van der Waals surface area (Å²) in [4.78, 5) is 32.2. The largest absolute Gasteiger partial charge is 0.507 e. The number of nitrogens with zero attached hydrogens (tertiary/aromatic N) is 2. The van der Waals surface area contributed by atoms with Crippen LogP contribution in [0.25, 0.3) is 16.5 Å². The average Bonchev–Trinajstić information content (AvgIpc) is 3.14. The molecule has 3 aromatic carbocycles. The van der Waals surface area contributed by atoms with Crippen LogP contribution in [0.3, 0.4) is 0 Å². The zero-order valence-electron chi connectivity index (χ0n) is 18.1. The van der Waals surface area contributed by atoms with Gasteiger partial charge in [-0.15, -0.1) is 0 Å². The van der Waals surface area contributed by atoms with Crippen LogP contribution in [0.2, 0.25) is 0 Å². The molecule has 1 aliphatic rings. The van der Waals surface area contributed by atoms with Gasteiger partial charge in [-0.05, 0) is 46.5 Å². The number of carbonyl (C=O) groups excluding carboxylic acids is 2. The first-order valence-corrected chi connectivity index (χ1v) is 10.9. The van der Waals surface area contributed by atoms with Crippen LogP contribution in [0.4, 0.5) is 5.69 Å². The van der Waals surface area contributed by atoms with E-state index in [1.165, 1.54) is 4.90 Å². The molecule has 1 unspecified atom stereocenters. The number of ketones is 1. The maximum Gasteiger partial charge on any atom is 0.300 e. The Balaban J connectivity index is 1.74. The Morgan fingerprint density at radius 1 is 0.939 bits per heavy atom. The van der Waals surface area contributed by atoms with Gasteiger partial charge in [0.25, 0.3) is 11.7 Å². The Morgan fingerprint density at radius 3 is 2.42 bits per heavy atom. The molecule has 5 rings (SSSR count). The number of aryl methyl sites for hydroxylation is 1. The second kappa shape index (κ2) is 8.36. The molecule has 1 saturated heterocycles. The molecule has 162 valence electrons. The molecular weight excluding hydrogens is 412 g/mol. The third-order valence-corrected chi connectivity index (χ3v) is 6.11. The molecule has 5 nitrogen and oxygen atoms in total. The first-order valence-electron chi connectivity index (χ1n) is 10.9. The predicted octanol–water partition coefficient (Wildman–Crippen LogP) is 5.42. The van der Waals surface area contributed by atoms with Crippen LogP contribution in [0.15, 0.2) is 96.8 Å². The Hall–Kier alpha value is -4.25. The van der Waals surface area contributed by atoms with Crippen LogP contribution in [-0.4, -0.2) is 21.8 Å². The number of aliphatic hydroxyl groups is 1. The third-order valence-electron chi connectivity index (χ3n) is 6.11. The molecule has 0 saturated carbocycles. The van der Waals surface area contributed by atoms with E-state index in [4.69, 9.17) is 0 Å². The van der Waals surface area contributed by atoms with E-state index in [9.17, 15) is 14.7 Å². The lowest BCUT2D eigenvalue weighted by Gasteiger charge is -2.25. The van der Waals surface area contributed by atoms with Crippen molar-refractivity contribution in [3.8, 4) is 0 Å². The number of pyridine rings is 1. The Kier molecular flexibility index (Phi) is 5.23. The Bertz CT molecular complexity index is 1390. The lowest BCUT2D eigenvalue weighted by atomic mass is 9.94. The van der Waals surface area contributed by atoms with E-state index in [1.54, 1.807) is 24.5 Å². The van der Waals surface area contributed by atoms with Gasteiger partial charge in [-0.3, -0.25) is 19.5 Å². The topological polar surface area (TPSA) is 70.5 Å². The van der Waals surface area contributed by atoms with Gasteiger partial charge in [0.05, 0.1) is 11.6 Å². The molecule has 1 aromatic heterocycles. The lowest BCUT2D eigenvalue weighted by molar-refractivity contribution is -0.132. The van der Waals surface area contributed by atoms with Crippen molar-refractivity contribution in [1.29, 1.82) is 0 Å². The third kappa shape index (κ3) is 3.48. The highest BCUT2D eigenvalue weighted by molar-refractivity contribution is 6.51. The maximum atomic E-state index is 13.3. The van der Waals surface area contributed by atoms with Crippen molar-refractivity contribution in [2.24, 2.45) is 0 Å². The summed E-state index contributed by atoms with van der Waals surface area (Å²) in [5, 5.41) is 13.2. The molecule has 2 heterocycles. The van der Waals surface area contributed by atoms with Crippen molar-refractivity contribution < 1.29 is 14.7 Å². The maximum absolute atomic E-state index is 13.3. The van der Waals surface area contributed by atoms with E-state index in [1.807, 2.05) is 66.7 Å². The van der Waals surface area contributed by atoms with E-state index in [0.29, 0.717) is 16.8 Å². The van der Waals surface area contributed by atoms with Crippen LogP contribution < -0.4 is 4.90 Å². The first-order chi connectivity index (χ1) is 16.1. The minimum absolute atomic E-state index is 0.0592. The smallest absolute Gasteiger partial charge is 0.300 e. The standard InChI is InChI=1S/C28H22N2O3/c1-2-18-12-14-21(15-13-18)30-25(20-9-6-16-29-17-20)24(27(32)28(30)33)26(31)23-11-5-8-19-7-3-4-10-22(19)23/h3-17,25,31H,2H2,1H3/b26-24-. The van der Waals surface area contributed by atoms with Gasteiger partial charge in [0, 0.05) is 23.6 Å². The van der Waals surface area contributed by atoms with Crippen LogP contribution in [0.5, 0.6) is 0 Å². The van der Waals surface area contributed by atoms with E-state index in [2.05, 4.69) is 11.9 Å². The molecule has 4 aromatic rings. The summed E-state index contributed by atoms with van der Waals surface area (Å²) in [5.41, 5.74) is 2.95. The fraction of sp³-hybridized carbons (Fsp3) is 0.107. The number of hydrogen-bond acceptors (Lipinski definition) is 4. The van der Waals surface area contributed by atoms with Gasteiger partial charge in [0.1, 0.15) is 5.76 Å². The molecule has 1 atom stereocenters. The van der Waals surface area contributed by atoms with Gasteiger partial charge in [-0.1, -0.05) is 67.6 Å². The highest BCUT2D eigenvalue weighted by Gasteiger charge is 2.47. The van der Waals surface area contributed by atoms with Crippen molar-refractivity contribution in [2.75, 3.05) is 4.90 Å². The molecule has 1 N–H and O–H groups in total. The number of anilines is 1. The molecule has 0 radical (unpaired) electrons. The summed E-state index contributed by atoms with van der Waals surface area (Å²) in [7, 11) is 0. The number of hydrogen-bond donors (Lipinski definition) is 1. The fourth-order valence-electron chi connectivity index (χ4n) is 4.42. The summed E-state index contributed by atoms with van der Waals surface area (Å²) >= 11 is 0. The zero-order chi connectivity index (χ0) is 22.9. The minimum Gasteiger partial charge on any atom is -0.507 e. The summed E-state index contributed by atoms with van der Waals surface area (Å²) in [6.45, 7) is 2.06. The normalized spacial score (nSPS) is 17.6. The number of benzene rings is 3. The first kappa shape index (κ1) is 20.6. The summed E-state index contributed by atoms with van der Waals surface area (Å²) < 4.78 is 0. The molecule has 33 heavy (non-hydrogen) atoms. The molecule has 0 bridgehead atoms. The highest BCUT2D eigenvalue weighted by atomic mass is 16.3. The molecular formula is C28H22N2O3. The highest BCUT2D eigenvalue weighted by Crippen LogP contribution is 2.42.